The van der Waals surface area contributed by atoms with Crippen molar-refractivity contribution in [3.8, 4) is 11.5 Å². The zero-order valence-corrected chi connectivity index (χ0v) is 26.1. The van der Waals surface area contributed by atoms with Gasteiger partial charge in [-0.05, 0) is 49.1 Å². The molecular weight excluding hydrogens is 588 g/mol. The van der Waals surface area contributed by atoms with E-state index in [1.165, 1.54) is 12.1 Å². The summed E-state index contributed by atoms with van der Waals surface area (Å²) in [5, 5.41) is 25.6. The number of rotatable bonds is 8. The fourth-order valence-corrected chi connectivity index (χ4v) is 5.33. The quantitative estimate of drug-likeness (QED) is 0.175. The summed E-state index contributed by atoms with van der Waals surface area (Å²) in [6.45, 7) is 3.95. The molecule has 2 N–H and O–H groups in total. The molecule has 0 bridgehead atoms. The smallest absolute Gasteiger partial charge is 0.870 e. The maximum Gasteiger partial charge on any atom is 1.00 e. The molecule has 13 heteroatoms. The second-order valence-electron chi connectivity index (χ2n) is 8.28. The zero-order valence-electron chi connectivity index (χ0n) is 21.7. The number of benzene rings is 4. The third-order valence-corrected chi connectivity index (χ3v) is 7.21. The second-order valence-corrected chi connectivity index (χ2v) is 10.5. The largest absolute Gasteiger partial charge is 1.00 e. The van der Waals surface area contributed by atoms with Crippen LogP contribution in [0.2, 0.25) is 10.0 Å². The summed E-state index contributed by atoms with van der Waals surface area (Å²) >= 11 is 12.4. The molecule has 0 heterocycles. The van der Waals surface area contributed by atoms with Crippen LogP contribution in [0.5, 0.6) is 11.5 Å². The Morgan fingerprint density at radius 1 is 1.05 bits per heavy atom. The van der Waals surface area contributed by atoms with E-state index in [1.807, 2.05) is 6.92 Å². The monoisotopic (exact) mass is 609 g/mol. The molecule has 4 aromatic rings. The van der Waals surface area contributed by atoms with Crippen LogP contribution >= 0.6 is 23.2 Å². The Bertz CT molecular complexity index is 1730. The molecule has 0 aliphatic carbocycles. The number of carbonyl (C=O) groups is 1. The number of nitrogens with one attached hydrogen (secondary N) is 1. The Balaban J connectivity index is 0.00000441. The van der Waals surface area contributed by atoms with E-state index >= 15 is 0 Å². The summed E-state index contributed by atoms with van der Waals surface area (Å²) in [5.74, 6) is -0.881. The molecule has 0 spiro atoms. The maximum absolute atomic E-state index is 13.5. The number of anilines is 1. The van der Waals surface area contributed by atoms with Gasteiger partial charge in [-0.3, -0.25) is 9.35 Å². The van der Waals surface area contributed by atoms with Gasteiger partial charge in [0.15, 0.2) is 0 Å². The number of hydrogen-bond donors (Lipinski definition) is 2. The first kappa shape index (κ1) is 31.8. The molecule has 4 aromatic carbocycles. The fraction of sp³-hybridized carbons (Fsp3) is 0.148. The first-order valence-electron chi connectivity index (χ1n) is 11.7. The Morgan fingerprint density at radius 3 is 2.42 bits per heavy atom. The van der Waals surface area contributed by atoms with Crippen LogP contribution in [0.4, 0.5) is 17.1 Å². The number of halogens is 2. The second kappa shape index (κ2) is 13.3. The molecule has 0 aliphatic heterocycles. The Morgan fingerprint density at radius 2 is 1.77 bits per heavy atom. The predicted molar refractivity (Wildman–Crippen MR) is 149 cm³/mol. The SMILES string of the molecule is CCOc1ccc(NC(=O)c2cc3ccccc3c(N=Nc3cc(Cl)cc(S(=O)(=O)O)c3CC)c2[O-])c(Cl)c1.[Na+]. The molecule has 0 radical (unpaired) electrons. The van der Waals surface area contributed by atoms with Crippen LogP contribution < -0.4 is 44.7 Å². The van der Waals surface area contributed by atoms with Crippen molar-refractivity contribution in [2.24, 2.45) is 10.2 Å². The van der Waals surface area contributed by atoms with Gasteiger partial charge in [-0.2, -0.15) is 18.6 Å². The number of ether oxygens (including phenoxy) is 1. The molecule has 0 unspecified atom stereocenters. The molecule has 0 fully saturated rings. The van der Waals surface area contributed by atoms with Gasteiger partial charge in [-0.15, -0.1) is 0 Å². The van der Waals surface area contributed by atoms with Gasteiger partial charge in [-0.1, -0.05) is 60.1 Å². The van der Waals surface area contributed by atoms with Crippen LogP contribution in [0, 0.1) is 0 Å². The number of nitrogens with zero attached hydrogens (tertiary/aromatic N) is 2. The molecule has 0 saturated heterocycles. The van der Waals surface area contributed by atoms with Gasteiger partial charge in [0.2, 0.25) is 0 Å². The minimum absolute atomic E-state index is 0. The van der Waals surface area contributed by atoms with Gasteiger partial charge in [0, 0.05) is 27.6 Å². The summed E-state index contributed by atoms with van der Waals surface area (Å²) in [5.41, 5.74) is 0.170. The first-order chi connectivity index (χ1) is 18.5. The molecule has 0 aliphatic rings. The molecular formula is C27H22Cl2N3NaO6S. The van der Waals surface area contributed by atoms with Gasteiger partial charge in [0.05, 0.1) is 28.7 Å². The van der Waals surface area contributed by atoms with Gasteiger partial charge in [0.1, 0.15) is 10.6 Å². The van der Waals surface area contributed by atoms with Crippen molar-refractivity contribution < 1.29 is 57.2 Å². The van der Waals surface area contributed by atoms with E-state index in [-0.39, 0.29) is 74.2 Å². The third kappa shape index (κ3) is 6.95. The van der Waals surface area contributed by atoms with E-state index < -0.39 is 26.7 Å². The van der Waals surface area contributed by atoms with Crippen molar-refractivity contribution in [1.29, 1.82) is 0 Å². The fourth-order valence-electron chi connectivity index (χ4n) is 4.00. The number of fused-ring (bicyclic) bond motifs is 1. The standard InChI is InChI=1S/C27H23Cl2N3O6S.Na/c1-3-18-23(12-16(28)13-24(18)39(35,36)37)31-32-25-19-8-6-5-7-15(19)11-20(26(25)33)27(34)30-22-10-9-17(38-4-2)14-21(22)29;/h5-14,33H,3-4H2,1-2H3,(H,30,34)(H,35,36,37);/q;+1/p-1. The minimum Gasteiger partial charge on any atom is -0.870 e. The van der Waals surface area contributed by atoms with Crippen LogP contribution in [0.1, 0.15) is 29.8 Å². The topological polar surface area (TPSA) is 140 Å². The van der Waals surface area contributed by atoms with Crippen LogP contribution in [-0.2, 0) is 16.5 Å². The molecule has 202 valence electrons. The van der Waals surface area contributed by atoms with Crippen molar-refractivity contribution in [2.75, 3.05) is 11.9 Å². The maximum atomic E-state index is 13.5. The molecule has 4 rings (SSSR count). The molecule has 1 amide bonds. The van der Waals surface area contributed by atoms with E-state index in [4.69, 9.17) is 27.9 Å². The van der Waals surface area contributed by atoms with Crippen molar-refractivity contribution >= 4 is 67.1 Å². The van der Waals surface area contributed by atoms with Crippen molar-refractivity contribution in [1.82, 2.24) is 0 Å². The van der Waals surface area contributed by atoms with Crippen molar-refractivity contribution in [2.45, 2.75) is 25.2 Å². The average Bonchev–Trinajstić information content (AvgIpc) is 2.88. The molecule has 0 atom stereocenters. The Labute approximate surface area is 263 Å². The van der Waals surface area contributed by atoms with Crippen LogP contribution in [0.15, 0.2) is 75.8 Å². The number of amides is 1. The van der Waals surface area contributed by atoms with E-state index in [1.54, 1.807) is 49.4 Å². The first-order valence-corrected chi connectivity index (χ1v) is 13.9. The number of hydrogen-bond acceptors (Lipinski definition) is 7. The minimum atomic E-state index is -4.59. The molecule has 40 heavy (non-hydrogen) atoms. The van der Waals surface area contributed by atoms with E-state index in [2.05, 4.69) is 15.5 Å². The zero-order chi connectivity index (χ0) is 28.3. The van der Waals surface area contributed by atoms with Crippen LogP contribution in [0.3, 0.4) is 0 Å². The molecule has 0 saturated carbocycles. The molecule has 9 nitrogen and oxygen atoms in total. The van der Waals surface area contributed by atoms with E-state index in [0.717, 1.165) is 6.07 Å². The van der Waals surface area contributed by atoms with Gasteiger partial charge >= 0.3 is 29.6 Å². The van der Waals surface area contributed by atoms with Gasteiger partial charge in [0.25, 0.3) is 16.0 Å². The summed E-state index contributed by atoms with van der Waals surface area (Å²) in [7, 11) is -4.59. The number of carbonyl (C=O) groups excluding carboxylic acids is 1. The number of azo groups is 1. The summed E-state index contributed by atoms with van der Waals surface area (Å²) in [6, 6.07) is 15.5. The summed E-state index contributed by atoms with van der Waals surface area (Å²) in [6.07, 6.45) is 0.177. The predicted octanol–water partition coefficient (Wildman–Crippen LogP) is 4.10. The Kier molecular flexibility index (Phi) is 10.6. The van der Waals surface area contributed by atoms with Crippen LogP contribution in [0.25, 0.3) is 10.8 Å². The molecule has 0 aromatic heterocycles. The van der Waals surface area contributed by atoms with E-state index in [0.29, 0.717) is 23.1 Å². The summed E-state index contributed by atoms with van der Waals surface area (Å²) < 4.78 is 38.8. The normalized spacial score (nSPS) is 11.4. The van der Waals surface area contributed by atoms with Crippen molar-refractivity contribution in [3.05, 3.63) is 81.8 Å². The van der Waals surface area contributed by atoms with Crippen LogP contribution in [-0.4, -0.2) is 25.5 Å². The van der Waals surface area contributed by atoms with E-state index in [9.17, 15) is 22.9 Å². The van der Waals surface area contributed by atoms with Gasteiger partial charge < -0.3 is 15.2 Å². The average molecular weight is 610 g/mol. The Hall–Kier alpha value is -2.70. The summed E-state index contributed by atoms with van der Waals surface area (Å²) in [4.78, 5) is 12.8. The third-order valence-electron chi connectivity index (χ3n) is 5.76. The van der Waals surface area contributed by atoms with Crippen molar-refractivity contribution in [3.63, 3.8) is 0 Å². The van der Waals surface area contributed by atoms with Gasteiger partial charge in [-0.25, -0.2) is 0 Å².